The molecule has 1 amide bonds. The van der Waals surface area contributed by atoms with Gasteiger partial charge in [0.05, 0.1) is 25.1 Å². The van der Waals surface area contributed by atoms with Crippen LogP contribution < -0.4 is 5.32 Å². The van der Waals surface area contributed by atoms with Crippen LogP contribution in [0.2, 0.25) is 0 Å². The van der Waals surface area contributed by atoms with E-state index in [0.717, 1.165) is 11.1 Å². The number of methoxy groups -OCH3 is 1. The maximum absolute atomic E-state index is 12.6. The molecule has 0 radical (unpaired) electrons. The van der Waals surface area contributed by atoms with E-state index < -0.39 is 12.0 Å². The fraction of sp³-hybridized carbons (Fsp3) is 0.200. The molecule has 0 fully saturated rings. The van der Waals surface area contributed by atoms with E-state index in [2.05, 4.69) is 15.4 Å². The van der Waals surface area contributed by atoms with Crippen LogP contribution in [0.4, 0.5) is 0 Å². The lowest BCUT2D eigenvalue weighted by Crippen LogP contribution is -2.30. The van der Waals surface area contributed by atoms with Crippen LogP contribution in [0.3, 0.4) is 0 Å². The second-order valence-electron chi connectivity index (χ2n) is 6.07. The van der Waals surface area contributed by atoms with E-state index in [1.165, 1.54) is 13.3 Å². The van der Waals surface area contributed by atoms with Gasteiger partial charge in [0.25, 0.3) is 5.91 Å². The number of carbonyl (C=O) groups excluding carboxylic acids is 2. The summed E-state index contributed by atoms with van der Waals surface area (Å²) in [6.45, 7) is 1.98. The standard InChI is InChI=1S/C20H20N4O3/c1-14-4-6-15(7-5-14)17(12-19(25)27-2)23-20(26)16-8-9-18(21-13-16)24-11-3-10-22-24/h3-11,13,17H,12H2,1-2H3,(H,23,26). The predicted octanol–water partition coefficient (Wildman–Crippen LogP) is 2.61. The predicted molar refractivity (Wildman–Crippen MR) is 99.4 cm³/mol. The highest BCUT2D eigenvalue weighted by atomic mass is 16.5. The SMILES string of the molecule is COC(=O)CC(NC(=O)c1ccc(-n2cccn2)nc1)c1ccc(C)cc1. The quantitative estimate of drug-likeness (QED) is 0.680. The average Bonchev–Trinajstić information content (AvgIpc) is 3.23. The summed E-state index contributed by atoms with van der Waals surface area (Å²) < 4.78 is 6.36. The molecule has 1 aromatic carbocycles. The third-order valence-corrected chi connectivity index (χ3v) is 4.13. The van der Waals surface area contributed by atoms with Gasteiger partial charge >= 0.3 is 5.97 Å². The highest BCUT2D eigenvalue weighted by Gasteiger charge is 2.20. The molecule has 7 heteroatoms. The summed E-state index contributed by atoms with van der Waals surface area (Å²) in [5, 5.41) is 6.99. The van der Waals surface area contributed by atoms with E-state index in [0.29, 0.717) is 11.4 Å². The molecule has 1 N–H and O–H groups in total. The first-order valence-corrected chi connectivity index (χ1v) is 8.47. The molecule has 3 rings (SSSR count). The van der Waals surface area contributed by atoms with Crippen LogP contribution >= 0.6 is 0 Å². The number of aryl methyl sites for hydroxylation is 1. The summed E-state index contributed by atoms with van der Waals surface area (Å²) in [5.41, 5.74) is 2.33. The first-order valence-electron chi connectivity index (χ1n) is 8.47. The third-order valence-electron chi connectivity index (χ3n) is 4.13. The fourth-order valence-corrected chi connectivity index (χ4v) is 2.60. The van der Waals surface area contributed by atoms with Gasteiger partial charge in [-0.2, -0.15) is 5.10 Å². The van der Waals surface area contributed by atoms with Crippen molar-refractivity contribution in [3.63, 3.8) is 0 Å². The Morgan fingerprint density at radius 2 is 1.96 bits per heavy atom. The van der Waals surface area contributed by atoms with E-state index in [4.69, 9.17) is 4.74 Å². The van der Waals surface area contributed by atoms with Crippen molar-refractivity contribution in [1.29, 1.82) is 0 Å². The highest BCUT2D eigenvalue weighted by Crippen LogP contribution is 2.19. The number of amides is 1. The number of nitrogens with one attached hydrogen (secondary N) is 1. The molecule has 0 bridgehead atoms. The van der Waals surface area contributed by atoms with Gasteiger partial charge in [-0.1, -0.05) is 29.8 Å². The Morgan fingerprint density at radius 3 is 2.56 bits per heavy atom. The number of carbonyl (C=O) groups is 2. The van der Waals surface area contributed by atoms with Crippen molar-refractivity contribution in [2.24, 2.45) is 0 Å². The van der Waals surface area contributed by atoms with Gasteiger partial charge in [0.15, 0.2) is 5.82 Å². The van der Waals surface area contributed by atoms with E-state index in [1.54, 1.807) is 35.3 Å². The number of hydrogen-bond acceptors (Lipinski definition) is 5. The number of ether oxygens (including phenoxy) is 1. The van der Waals surface area contributed by atoms with Gasteiger partial charge in [-0.25, -0.2) is 9.67 Å². The summed E-state index contributed by atoms with van der Waals surface area (Å²) in [5.74, 6) is -0.0989. The highest BCUT2D eigenvalue weighted by molar-refractivity contribution is 5.94. The minimum Gasteiger partial charge on any atom is -0.469 e. The average molecular weight is 364 g/mol. The third kappa shape index (κ3) is 4.58. The largest absolute Gasteiger partial charge is 0.469 e. The van der Waals surface area contributed by atoms with Crippen molar-refractivity contribution in [2.75, 3.05) is 7.11 Å². The van der Waals surface area contributed by atoms with Crippen LogP contribution in [-0.2, 0) is 9.53 Å². The van der Waals surface area contributed by atoms with E-state index in [-0.39, 0.29) is 12.3 Å². The van der Waals surface area contributed by atoms with Crippen molar-refractivity contribution in [3.8, 4) is 5.82 Å². The fourth-order valence-electron chi connectivity index (χ4n) is 2.60. The van der Waals surface area contributed by atoms with Crippen LogP contribution in [-0.4, -0.2) is 33.8 Å². The molecule has 0 aliphatic heterocycles. The molecular formula is C20H20N4O3. The number of esters is 1. The van der Waals surface area contributed by atoms with Gasteiger partial charge in [0.2, 0.25) is 0 Å². The normalized spacial score (nSPS) is 11.6. The van der Waals surface area contributed by atoms with Gasteiger partial charge in [0.1, 0.15) is 0 Å². The van der Waals surface area contributed by atoms with Crippen LogP contribution in [0.5, 0.6) is 0 Å². The maximum atomic E-state index is 12.6. The minimum absolute atomic E-state index is 0.0457. The molecule has 0 saturated heterocycles. The lowest BCUT2D eigenvalue weighted by molar-refractivity contribution is -0.141. The Bertz CT molecular complexity index is 903. The summed E-state index contributed by atoms with van der Waals surface area (Å²) in [6.07, 6.45) is 4.95. The molecule has 0 aliphatic carbocycles. The number of pyridine rings is 1. The molecule has 138 valence electrons. The van der Waals surface area contributed by atoms with Crippen molar-refractivity contribution in [1.82, 2.24) is 20.1 Å². The molecule has 2 heterocycles. The summed E-state index contributed by atoms with van der Waals surface area (Å²) in [7, 11) is 1.33. The summed E-state index contributed by atoms with van der Waals surface area (Å²) in [6, 6.07) is 12.3. The van der Waals surface area contributed by atoms with Crippen molar-refractivity contribution in [3.05, 3.63) is 77.7 Å². The molecular weight excluding hydrogens is 344 g/mol. The molecule has 1 unspecified atom stereocenters. The van der Waals surface area contributed by atoms with Gasteiger partial charge in [-0.15, -0.1) is 0 Å². The minimum atomic E-state index is -0.489. The van der Waals surface area contributed by atoms with Gasteiger partial charge in [-0.05, 0) is 30.7 Å². The Hall–Kier alpha value is -3.48. The molecule has 1 atom stereocenters. The van der Waals surface area contributed by atoms with Gasteiger partial charge in [-0.3, -0.25) is 9.59 Å². The Kier molecular flexibility index (Phi) is 5.61. The Labute approximate surface area is 157 Å². The number of rotatable bonds is 6. The van der Waals surface area contributed by atoms with Crippen molar-refractivity contribution in [2.45, 2.75) is 19.4 Å². The van der Waals surface area contributed by atoms with Crippen molar-refractivity contribution >= 4 is 11.9 Å². The number of benzene rings is 1. The molecule has 2 aromatic heterocycles. The van der Waals surface area contributed by atoms with Crippen LogP contribution in [0.1, 0.15) is 33.9 Å². The monoisotopic (exact) mass is 364 g/mol. The zero-order chi connectivity index (χ0) is 19.2. The zero-order valence-corrected chi connectivity index (χ0v) is 15.1. The molecule has 7 nitrogen and oxygen atoms in total. The van der Waals surface area contributed by atoms with E-state index >= 15 is 0 Å². The molecule has 3 aromatic rings. The second-order valence-corrected chi connectivity index (χ2v) is 6.07. The van der Waals surface area contributed by atoms with Crippen LogP contribution in [0.15, 0.2) is 61.1 Å². The Morgan fingerprint density at radius 1 is 1.19 bits per heavy atom. The molecule has 0 spiro atoms. The summed E-state index contributed by atoms with van der Waals surface area (Å²) in [4.78, 5) is 28.7. The lowest BCUT2D eigenvalue weighted by atomic mass is 10.0. The smallest absolute Gasteiger partial charge is 0.307 e. The van der Waals surface area contributed by atoms with E-state index in [9.17, 15) is 9.59 Å². The van der Waals surface area contributed by atoms with Gasteiger partial charge < -0.3 is 10.1 Å². The zero-order valence-electron chi connectivity index (χ0n) is 15.1. The number of aromatic nitrogens is 3. The summed E-state index contributed by atoms with van der Waals surface area (Å²) >= 11 is 0. The topological polar surface area (TPSA) is 86.1 Å². The molecule has 27 heavy (non-hydrogen) atoms. The number of nitrogens with zero attached hydrogens (tertiary/aromatic N) is 3. The molecule has 0 saturated carbocycles. The maximum Gasteiger partial charge on any atom is 0.307 e. The second kappa shape index (κ2) is 8.27. The first kappa shape index (κ1) is 18.3. The number of hydrogen-bond donors (Lipinski definition) is 1. The molecule has 0 aliphatic rings. The lowest BCUT2D eigenvalue weighted by Gasteiger charge is -2.18. The van der Waals surface area contributed by atoms with Crippen LogP contribution in [0, 0.1) is 6.92 Å². The van der Waals surface area contributed by atoms with E-state index in [1.807, 2.05) is 31.2 Å². The van der Waals surface area contributed by atoms with Crippen molar-refractivity contribution < 1.29 is 14.3 Å². The van der Waals surface area contributed by atoms with Gasteiger partial charge in [0, 0.05) is 18.6 Å². The Balaban J connectivity index is 1.77. The first-order chi connectivity index (χ1) is 13.1. The van der Waals surface area contributed by atoms with Crippen LogP contribution in [0.25, 0.3) is 5.82 Å².